The first-order valence-corrected chi connectivity index (χ1v) is 9.69. The zero-order valence-electron chi connectivity index (χ0n) is 16.0. The Morgan fingerprint density at radius 2 is 1.82 bits per heavy atom. The van der Waals surface area contributed by atoms with Crippen molar-refractivity contribution < 1.29 is 18.0 Å². The van der Waals surface area contributed by atoms with E-state index in [2.05, 4.69) is 29.8 Å². The summed E-state index contributed by atoms with van der Waals surface area (Å²) >= 11 is 0. The topological polar surface area (TPSA) is 34.0 Å². The second-order valence-electron chi connectivity index (χ2n) is 7.76. The number of aromatic nitrogens is 1. The Hall–Kier alpha value is -2.50. The normalized spacial score (nSPS) is 19.2. The summed E-state index contributed by atoms with van der Waals surface area (Å²) in [5, 5.41) is 2.57. The lowest BCUT2D eigenvalue weighted by molar-refractivity contribution is -0.137. The highest BCUT2D eigenvalue weighted by atomic mass is 19.4. The van der Waals surface area contributed by atoms with Gasteiger partial charge in [0.2, 0.25) is 0 Å². The van der Waals surface area contributed by atoms with Crippen molar-refractivity contribution in [3.8, 4) is 0 Å². The molecule has 2 aromatic rings. The summed E-state index contributed by atoms with van der Waals surface area (Å²) in [5.74, 6) is -0.364. The van der Waals surface area contributed by atoms with Crippen LogP contribution in [-0.4, -0.2) is 10.5 Å². The Kier molecular flexibility index (Phi) is 4.60. The summed E-state index contributed by atoms with van der Waals surface area (Å²) in [6, 6.07) is 5.95. The van der Waals surface area contributed by atoms with Gasteiger partial charge in [-0.2, -0.15) is 13.2 Å². The minimum absolute atomic E-state index is 0.215. The molecule has 2 aliphatic rings. The molecule has 1 saturated carbocycles. The molecule has 0 spiro atoms. The third-order valence-corrected chi connectivity index (χ3v) is 5.89. The number of halogens is 3. The van der Waals surface area contributed by atoms with Crippen molar-refractivity contribution in [2.45, 2.75) is 58.2 Å². The number of anilines is 1. The smallest absolute Gasteiger partial charge is 0.346 e. The minimum Gasteiger partial charge on any atom is -0.346 e. The maximum absolute atomic E-state index is 12.9. The molecular weight excluding hydrogens is 365 g/mol. The first-order chi connectivity index (χ1) is 13.3. The third-order valence-electron chi connectivity index (χ3n) is 5.89. The van der Waals surface area contributed by atoms with E-state index in [1.54, 1.807) is 6.08 Å². The van der Waals surface area contributed by atoms with Gasteiger partial charge in [0.1, 0.15) is 0 Å². The van der Waals surface area contributed by atoms with Gasteiger partial charge in [0.15, 0.2) is 0 Å². The molecule has 4 rings (SSSR count). The maximum Gasteiger partial charge on any atom is 0.416 e. The zero-order valence-corrected chi connectivity index (χ0v) is 16.0. The number of hydrogen-bond acceptors (Lipinski definition) is 1. The maximum atomic E-state index is 12.9. The Morgan fingerprint density at radius 3 is 2.50 bits per heavy atom. The predicted molar refractivity (Wildman–Crippen MR) is 104 cm³/mol. The van der Waals surface area contributed by atoms with E-state index >= 15 is 0 Å². The van der Waals surface area contributed by atoms with Gasteiger partial charge in [-0.3, -0.25) is 4.79 Å². The molecule has 1 amide bonds. The van der Waals surface area contributed by atoms with Crippen LogP contribution < -0.4 is 5.32 Å². The van der Waals surface area contributed by atoms with Gasteiger partial charge in [-0.1, -0.05) is 25.3 Å². The Bertz CT molecular complexity index is 963. The predicted octanol–water partition coefficient (Wildman–Crippen LogP) is 6.12. The summed E-state index contributed by atoms with van der Waals surface area (Å²) in [5.41, 5.74) is 3.58. The number of amides is 1. The molecule has 0 radical (unpaired) electrons. The van der Waals surface area contributed by atoms with Crippen LogP contribution in [0.25, 0.3) is 11.6 Å². The Morgan fingerprint density at radius 1 is 1.11 bits per heavy atom. The number of hydrogen-bond donors (Lipinski definition) is 1. The molecule has 1 N–H and O–H groups in total. The van der Waals surface area contributed by atoms with Crippen LogP contribution in [0.2, 0.25) is 0 Å². The second-order valence-corrected chi connectivity index (χ2v) is 7.76. The van der Waals surface area contributed by atoms with E-state index in [9.17, 15) is 18.0 Å². The van der Waals surface area contributed by atoms with Gasteiger partial charge < -0.3 is 9.88 Å². The number of nitrogens with zero attached hydrogens (tertiary/aromatic N) is 1. The molecule has 1 fully saturated rings. The van der Waals surface area contributed by atoms with E-state index in [-0.39, 0.29) is 11.6 Å². The molecular formula is C22H23F3N2O. The van der Waals surface area contributed by atoms with Crippen LogP contribution in [0.1, 0.15) is 66.2 Å². The number of aryl methyl sites for hydroxylation is 1. The number of carbonyl (C=O) groups is 1. The fourth-order valence-electron chi connectivity index (χ4n) is 4.52. The lowest BCUT2D eigenvalue weighted by Gasteiger charge is -2.26. The number of benzene rings is 1. The quantitative estimate of drug-likeness (QED) is 0.618. The SMILES string of the molecule is Cc1cc(/C=C2/C(=O)Nc3cc(C(F)(F)F)ccc32)c(C)n1C1CCCCC1. The molecule has 0 unspecified atom stereocenters. The first kappa shape index (κ1) is 18.8. The molecule has 1 aromatic heterocycles. The van der Waals surface area contributed by atoms with E-state index in [1.165, 1.54) is 25.3 Å². The monoisotopic (exact) mass is 388 g/mol. The van der Waals surface area contributed by atoms with Crippen molar-refractivity contribution in [1.82, 2.24) is 4.57 Å². The minimum atomic E-state index is -4.43. The fraction of sp³-hybridized carbons (Fsp3) is 0.409. The molecule has 1 aliphatic heterocycles. The van der Waals surface area contributed by atoms with Gasteiger partial charge in [0.05, 0.1) is 5.56 Å². The fourth-order valence-corrected chi connectivity index (χ4v) is 4.52. The molecule has 0 bridgehead atoms. The second kappa shape index (κ2) is 6.83. The van der Waals surface area contributed by atoms with Crippen molar-refractivity contribution in [2.75, 3.05) is 5.32 Å². The molecule has 148 valence electrons. The van der Waals surface area contributed by atoms with Crippen LogP contribution in [0, 0.1) is 13.8 Å². The van der Waals surface area contributed by atoms with Crippen LogP contribution in [-0.2, 0) is 11.0 Å². The van der Waals surface area contributed by atoms with Crippen LogP contribution in [0.4, 0.5) is 18.9 Å². The molecule has 0 atom stereocenters. The average Bonchev–Trinajstić information content (AvgIpc) is 3.10. The van der Waals surface area contributed by atoms with Crippen molar-refractivity contribution in [2.24, 2.45) is 0 Å². The molecule has 0 saturated heterocycles. The third kappa shape index (κ3) is 3.25. The molecule has 1 aliphatic carbocycles. The van der Waals surface area contributed by atoms with Gasteiger partial charge in [-0.05, 0) is 56.5 Å². The van der Waals surface area contributed by atoms with E-state index < -0.39 is 11.7 Å². The highest BCUT2D eigenvalue weighted by molar-refractivity contribution is 6.35. The standard InChI is InChI=1S/C22H23F3N2O/c1-13-10-15(14(2)27(13)17-6-4-3-5-7-17)11-19-18-9-8-16(22(23,24)25)12-20(18)26-21(19)28/h8-12,17H,3-7H2,1-2H3,(H,26,28)/b19-11+. The van der Waals surface area contributed by atoms with E-state index in [4.69, 9.17) is 0 Å². The van der Waals surface area contributed by atoms with Gasteiger partial charge in [-0.15, -0.1) is 0 Å². The highest BCUT2D eigenvalue weighted by Crippen LogP contribution is 2.39. The largest absolute Gasteiger partial charge is 0.416 e. The van der Waals surface area contributed by atoms with Gasteiger partial charge in [0, 0.05) is 34.3 Å². The van der Waals surface area contributed by atoms with Crippen LogP contribution in [0.3, 0.4) is 0 Å². The van der Waals surface area contributed by atoms with Crippen molar-refractivity contribution in [3.63, 3.8) is 0 Å². The van der Waals surface area contributed by atoms with Gasteiger partial charge in [0.25, 0.3) is 5.91 Å². The van der Waals surface area contributed by atoms with E-state index in [0.717, 1.165) is 41.9 Å². The van der Waals surface area contributed by atoms with Crippen molar-refractivity contribution >= 4 is 23.2 Å². The lowest BCUT2D eigenvalue weighted by Crippen LogP contribution is -2.15. The van der Waals surface area contributed by atoms with Gasteiger partial charge in [-0.25, -0.2) is 0 Å². The lowest BCUT2D eigenvalue weighted by atomic mass is 9.95. The Balaban J connectivity index is 1.72. The Labute approximate surface area is 162 Å². The number of carbonyl (C=O) groups excluding carboxylic acids is 1. The number of fused-ring (bicyclic) bond motifs is 1. The summed E-state index contributed by atoms with van der Waals surface area (Å²) < 4.78 is 41.2. The van der Waals surface area contributed by atoms with Crippen LogP contribution in [0.5, 0.6) is 0 Å². The first-order valence-electron chi connectivity index (χ1n) is 9.69. The number of alkyl halides is 3. The summed E-state index contributed by atoms with van der Waals surface area (Å²) in [6.07, 6.45) is 3.44. The summed E-state index contributed by atoms with van der Waals surface area (Å²) in [6.45, 7) is 4.12. The summed E-state index contributed by atoms with van der Waals surface area (Å²) in [4.78, 5) is 12.4. The molecule has 2 heterocycles. The molecule has 28 heavy (non-hydrogen) atoms. The average molecular weight is 388 g/mol. The summed E-state index contributed by atoms with van der Waals surface area (Å²) in [7, 11) is 0. The number of rotatable bonds is 2. The molecule has 3 nitrogen and oxygen atoms in total. The number of nitrogens with one attached hydrogen (secondary N) is 1. The molecule has 1 aromatic carbocycles. The van der Waals surface area contributed by atoms with Crippen LogP contribution >= 0.6 is 0 Å². The van der Waals surface area contributed by atoms with E-state index in [1.807, 2.05) is 0 Å². The van der Waals surface area contributed by atoms with Crippen molar-refractivity contribution in [3.05, 3.63) is 52.3 Å². The van der Waals surface area contributed by atoms with Crippen molar-refractivity contribution in [1.29, 1.82) is 0 Å². The highest BCUT2D eigenvalue weighted by Gasteiger charge is 2.33. The van der Waals surface area contributed by atoms with E-state index in [0.29, 0.717) is 17.2 Å². The molecule has 6 heteroatoms. The van der Waals surface area contributed by atoms with Gasteiger partial charge >= 0.3 is 6.18 Å². The zero-order chi connectivity index (χ0) is 20.1. The van der Waals surface area contributed by atoms with Crippen LogP contribution in [0.15, 0.2) is 24.3 Å².